The van der Waals surface area contributed by atoms with Crippen molar-refractivity contribution in [1.82, 2.24) is 9.88 Å². The summed E-state index contributed by atoms with van der Waals surface area (Å²) in [5.74, 6) is -0.0290. The number of rotatable bonds is 3. The third kappa shape index (κ3) is 3.43. The van der Waals surface area contributed by atoms with E-state index in [1.165, 1.54) is 19.3 Å². The van der Waals surface area contributed by atoms with E-state index in [4.69, 9.17) is 11.6 Å². The van der Waals surface area contributed by atoms with Gasteiger partial charge in [0.25, 0.3) is 0 Å². The third-order valence-corrected chi connectivity index (χ3v) is 3.62. The number of nitrogens with one attached hydrogen (secondary N) is 1. The van der Waals surface area contributed by atoms with Crippen molar-refractivity contribution < 1.29 is 4.79 Å². The Morgan fingerprint density at radius 3 is 3.17 bits per heavy atom. The van der Waals surface area contributed by atoms with Crippen LogP contribution in [0.2, 0.25) is 5.15 Å². The molecule has 1 unspecified atom stereocenters. The zero-order chi connectivity index (χ0) is 13.0. The minimum atomic E-state index is -0.0290. The second-order valence-electron chi connectivity index (χ2n) is 4.71. The van der Waals surface area contributed by atoms with Crippen molar-refractivity contribution in [2.75, 3.05) is 18.4 Å². The number of amides is 1. The van der Waals surface area contributed by atoms with Gasteiger partial charge in [0.05, 0.1) is 12.2 Å². The van der Waals surface area contributed by atoms with Crippen LogP contribution in [0.25, 0.3) is 0 Å². The van der Waals surface area contributed by atoms with E-state index >= 15 is 0 Å². The number of carbonyl (C=O) groups excluding carboxylic acids is 1. The van der Waals surface area contributed by atoms with Crippen molar-refractivity contribution in [3.05, 3.63) is 23.5 Å². The van der Waals surface area contributed by atoms with E-state index in [-0.39, 0.29) is 5.91 Å². The first kappa shape index (κ1) is 13.3. The van der Waals surface area contributed by atoms with Crippen molar-refractivity contribution in [1.29, 1.82) is 0 Å². The van der Waals surface area contributed by atoms with Gasteiger partial charge in [0.15, 0.2) is 5.15 Å². The number of pyridine rings is 1. The third-order valence-electron chi connectivity index (χ3n) is 3.32. The second-order valence-corrected chi connectivity index (χ2v) is 5.06. The summed E-state index contributed by atoms with van der Waals surface area (Å²) in [6.07, 6.45) is 5.20. The van der Waals surface area contributed by atoms with E-state index in [2.05, 4.69) is 22.1 Å². The summed E-state index contributed by atoms with van der Waals surface area (Å²) in [6.45, 7) is 3.59. The highest BCUT2D eigenvalue weighted by atomic mass is 35.5. The number of aromatic nitrogens is 1. The van der Waals surface area contributed by atoms with Gasteiger partial charge in [-0.05, 0) is 38.4 Å². The summed E-state index contributed by atoms with van der Waals surface area (Å²) in [4.78, 5) is 18.1. The fourth-order valence-corrected chi connectivity index (χ4v) is 2.41. The molecule has 1 aromatic rings. The van der Waals surface area contributed by atoms with Crippen LogP contribution >= 0.6 is 11.6 Å². The van der Waals surface area contributed by atoms with Gasteiger partial charge in [0, 0.05) is 12.2 Å². The van der Waals surface area contributed by atoms with Gasteiger partial charge in [0.1, 0.15) is 0 Å². The summed E-state index contributed by atoms with van der Waals surface area (Å²) in [5, 5.41) is 3.13. The monoisotopic (exact) mass is 267 g/mol. The number of anilines is 1. The molecule has 2 rings (SSSR count). The number of halogens is 1. The molecule has 1 saturated heterocycles. The number of nitrogens with zero attached hydrogens (tertiary/aromatic N) is 2. The summed E-state index contributed by atoms with van der Waals surface area (Å²) in [7, 11) is 0. The van der Waals surface area contributed by atoms with E-state index < -0.39 is 0 Å². The van der Waals surface area contributed by atoms with Crippen LogP contribution in [0.15, 0.2) is 18.3 Å². The van der Waals surface area contributed by atoms with Gasteiger partial charge in [-0.3, -0.25) is 9.69 Å². The molecule has 0 spiro atoms. The van der Waals surface area contributed by atoms with Crippen LogP contribution in [-0.2, 0) is 4.79 Å². The van der Waals surface area contributed by atoms with Gasteiger partial charge in [-0.2, -0.15) is 0 Å². The van der Waals surface area contributed by atoms with E-state index in [1.807, 2.05) is 0 Å². The van der Waals surface area contributed by atoms with Gasteiger partial charge in [0.2, 0.25) is 5.91 Å². The molecule has 0 saturated carbocycles. The maximum atomic E-state index is 11.9. The number of likely N-dealkylation sites (tertiary alicyclic amines) is 1. The summed E-state index contributed by atoms with van der Waals surface area (Å²) >= 11 is 5.90. The first-order valence-electron chi connectivity index (χ1n) is 6.31. The Morgan fingerprint density at radius 1 is 1.61 bits per heavy atom. The topological polar surface area (TPSA) is 45.2 Å². The maximum Gasteiger partial charge on any atom is 0.238 e. The minimum absolute atomic E-state index is 0.0290. The van der Waals surface area contributed by atoms with Crippen molar-refractivity contribution in [3.8, 4) is 0 Å². The van der Waals surface area contributed by atoms with Crippen molar-refractivity contribution >= 4 is 23.2 Å². The Bertz CT molecular complexity index is 424. The molecule has 0 radical (unpaired) electrons. The first-order valence-corrected chi connectivity index (χ1v) is 6.69. The SMILES string of the molecule is CC1CCCCN1CC(=O)Nc1cccnc1Cl. The molecule has 2 heterocycles. The van der Waals surface area contributed by atoms with Gasteiger partial charge >= 0.3 is 0 Å². The molecule has 0 aromatic carbocycles. The Kier molecular flexibility index (Phi) is 4.55. The fourth-order valence-electron chi connectivity index (χ4n) is 2.25. The number of piperidine rings is 1. The molecule has 1 fully saturated rings. The molecule has 0 bridgehead atoms. The van der Waals surface area contributed by atoms with E-state index in [0.717, 1.165) is 6.54 Å². The average Bonchev–Trinajstić information content (AvgIpc) is 2.35. The van der Waals surface area contributed by atoms with Crippen LogP contribution in [0, 0.1) is 0 Å². The highest BCUT2D eigenvalue weighted by Crippen LogP contribution is 2.19. The summed E-state index contributed by atoms with van der Waals surface area (Å²) in [5.41, 5.74) is 0.578. The van der Waals surface area contributed by atoms with E-state index in [1.54, 1.807) is 18.3 Å². The average molecular weight is 268 g/mol. The lowest BCUT2D eigenvalue weighted by atomic mass is 10.0. The second kappa shape index (κ2) is 6.16. The van der Waals surface area contributed by atoms with E-state index in [0.29, 0.717) is 23.4 Å². The molecule has 1 N–H and O–H groups in total. The number of hydrogen-bond acceptors (Lipinski definition) is 3. The van der Waals surface area contributed by atoms with Crippen LogP contribution in [0.3, 0.4) is 0 Å². The number of carbonyl (C=O) groups is 1. The van der Waals surface area contributed by atoms with Gasteiger partial charge in [-0.1, -0.05) is 18.0 Å². The Labute approximate surface area is 112 Å². The first-order chi connectivity index (χ1) is 8.66. The van der Waals surface area contributed by atoms with Crippen LogP contribution in [0.5, 0.6) is 0 Å². The van der Waals surface area contributed by atoms with Gasteiger partial charge in [-0.15, -0.1) is 0 Å². The van der Waals surface area contributed by atoms with Crippen molar-refractivity contribution in [2.24, 2.45) is 0 Å². The quantitative estimate of drug-likeness (QED) is 0.856. The molecule has 18 heavy (non-hydrogen) atoms. The fraction of sp³-hybridized carbons (Fsp3) is 0.538. The maximum absolute atomic E-state index is 11.9. The molecule has 4 nitrogen and oxygen atoms in total. The highest BCUT2D eigenvalue weighted by molar-refractivity contribution is 6.32. The molecule has 1 aliphatic heterocycles. The van der Waals surface area contributed by atoms with Crippen LogP contribution in [-0.4, -0.2) is 34.9 Å². The highest BCUT2D eigenvalue weighted by Gasteiger charge is 2.20. The Morgan fingerprint density at radius 2 is 2.44 bits per heavy atom. The lowest BCUT2D eigenvalue weighted by molar-refractivity contribution is -0.118. The predicted molar refractivity (Wildman–Crippen MR) is 72.8 cm³/mol. The smallest absolute Gasteiger partial charge is 0.238 e. The Hall–Kier alpha value is -1.13. The normalized spacial score (nSPS) is 20.7. The molecule has 5 heteroatoms. The lowest BCUT2D eigenvalue weighted by Gasteiger charge is -2.32. The molecule has 98 valence electrons. The molecule has 1 atom stereocenters. The lowest BCUT2D eigenvalue weighted by Crippen LogP contribution is -2.42. The summed E-state index contributed by atoms with van der Waals surface area (Å²) in [6, 6.07) is 3.99. The zero-order valence-electron chi connectivity index (χ0n) is 10.5. The zero-order valence-corrected chi connectivity index (χ0v) is 11.3. The molecular weight excluding hydrogens is 250 g/mol. The van der Waals surface area contributed by atoms with Gasteiger partial charge in [-0.25, -0.2) is 4.98 Å². The Balaban J connectivity index is 1.90. The molecule has 0 aliphatic carbocycles. The standard InChI is InChI=1S/C13H18ClN3O/c1-10-5-2-3-8-17(10)9-12(18)16-11-6-4-7-15-13(11)14/h4,6-7,10H,2-3,5,8-9H2,1H3,(H,16,18). The summed E-state index contributed by atoms with van der Waals surface area (Å²) < 4.78 is 0. The van der Waals surface area contributed by atoms with Crippen LogP contribution in [0.4, 0.5) is 5.69 Å². The van der Waals surface area contributed by atoms with Crippen LogP contribution in [0.1, 0.15) is 26.2 Å². The van der Waals surface area contributed by atoms with Crippen molar-refractivity contribution in [2.45, 2.75) is 32.2 Å². The predicted octanol–water partition coefficient (Wildman–Crippen LogP) is 2.55. The number of hydrogen-bond donors (Lipinski definition) is 1. The molecular formula is C13H18ClN3O. The minimum Gasteiger partial charge on any atom is -0.322 e. The molecule has 1 aliphatic rings. The van der Waals surface area contributed by atoms with Crippen molar-refractivity contribution in [3.63, 3.8) is 0 Å². The molecule has 1 aromatic heterocycles. The van der Waals surface area contributed by atoms with Gasteiger partial charge < -0.3 is 5.32 Å². The van der Waals surface area contributed by atoms with E-state index in [9.17, 15) is 4.79 Å². The largest absolute Gasteiger partial charge is 0.322 e. The molecule has 1 amide bonds. The van der Waals surface area contributed by atoms with Crippen LogP contribution < -0.4 is 5.32 Å².